The van der Waals surface area contributed by atoms with Gasteiger partial charge in [-0.2, -0.15) is 0 Å². The molecule has 0 aromatic carbocycles. The van der Waals surface area contributed by atoms with Gasteiger partial charge in [-0.05, 0) is 25.7 Å². The number of likely N-dealkylation sites (tertiary alicyclic amines) is 1. The highest BCUT2D eigenvalue weighted by Crippen LogP contribution is 2.43. The maximum atomic E-state index is 13.0. The second-order valence-corrected chi connectivity index (χ2v) is 7.73. The summed E-state index contributed by atoms with van der Waals surface area (Å²) in [4.78, 5) is 24.9. The van der Waals surface area contributed by atoms with Crippen LogP contribution < -0.4 is 4.90 Å². The SMILES string of the molecule is O=C1OC(CN2CCC(O)CC2)CC12CCN(c1ncc(F)cn1)CC2. The molecule has 1 aromatic heterocycles. The number of anilines is 1. The average molecular weight is 364 g/mol. The third kappa shape index (κ3) is 3.53. The maximum absolute atomic E-state index is 13.0. The van der Waals surface area contributed by atoms with Crippen LogP contribution in [0.15, 0.2) is 12.4 Å². The molecule has 1 unspecified atom stereocenters. The average Bonchev–Trinajstić information content (AvgIpc) is 2.93. The number of hydrogen-bond donors (Lipinski definition) is 1. The van der Waals surface area contributed by atoms with Crippen LogP contribution in [0.4, 0.5) is 10.3 Å². The topological polar surface area (TPSA) is 78.8 Å². The normalized spacial score (nSPS) is 27.1. The first-order chi connectivity index (χ1) is 12.5. The van der Waals surface area contributed by atoms with Gasteiger partial charge in [-0.3, -0.25) is 9.69 Å². The first kappa shape index (κ1) is 17.6. The molecule has 3 aliphatic heterocycles. The van der Waals surface area contributed by atoms with Crippen LogP contribution in [-0.2, 0) is 9.53 Å². The molecule has 0 saturated carbocycles. The fourth-order valence-electron chi connectivity index (χ4n) is 4.34. The van der Waals surface area contributed by atoms with E-state index in [1.165, 1.54) is 12.4 Å². The molecule has 7 nitrogen and oxygen atoms in total. The Morgan fingerprint density at radius 1 is 1.19 bits per heavy atom. The number of esters is 1. The number of ether oxygens (including phenoxy) is 1. The van der Waals surface area contributed by atoms with Gasteiger partial charge in [0.05, 0.1) is 23.9 Å². The molecule has 3 aliphatic rings. The Balaban J connectivity index is 1.33. The zero-order valence-electron chi connectivity index (χ0n) is 14.8. The molecule has 0 bridgehead atoms. The standard InChI is InChI=1S/C18H25FN4O3/c19-13-10-20-17(21-11-13)23-7-3-18(4-8-23)9-15(26-16(18)25)12-22-5-1-14(24)2-6-22/h10-11,14-15,24H,1-9,12H2. The van der Waals surface area contributed by atoms with Gasteiger partial charge in [-0.15, -0.1) is 0 Å². The third-order valence-corrected chi connectivity index (χ3v) is 5.95. The number of nitrogens with zero attached hydrogens (tertiary/aromatic N) is 4. The molecule has 3 saturated heterocycles. The Kier molecular flexibility index (Phi) is 4.79. The lowest BCUT2D eigenvalue weighted by atomic mass is 9.76. The molecule has 3 fully saturated rings. The number of aromatic nitrogens is 2. The summed E-state index contributed by atoms with van der Waals surface area (Å²) in [6, 6.07) is 0. The first-order valence-corrected chi connectivity index (χ1v) is 9.38. The van der Waals surface area contributed by atoms with Crippen LogP contribution in [0.2, 0.25) is 0 Å². The summed E-state index contributed by atoms with van der Waals surface area (Å²) in [5, 5.41) is 9.61. The van der Waals surface area contributed by atoms with Crippen molar-refractivity contribution in [2.24, 2.45) is 5.41 Å². The molecule has 1 atom stereocenters. The van der Waals surface area contributed by atoms with Gasteiger partial charge in [-0.25, -0.2) is 14.4 Å². The van der Waals surface area contributed by atoms with Crippen LogP contribution in [0.3, 0.4) is 0 Å². The van der Waals surface area contributed by atoms with Crippen molar-refractivity contribution in [2.75, 3.05) is 37.6 Å². The Morgan fingerprint density at radius 2 is 1.85 bits per heavy atom. The minimum atomic E-state index is -0.449. The highest BCUT2D eigenvalue weighted by molar-refractivity contribution is 5.79. The minimum Gasteiger partial charge on any atom is -0.461 e. The third-order valence-electron chi connectivity index (χ3n) is 5.95. The second-order valence-electron chi connectivity index (χ2n) is 7.73. The van der Waals surface area contributed by atoms with Gasteiger partial charge >= 0.3 is 5.97 Å². The molecule has 0 aliphatic carbocycles. The Labute approximate surface area is 152 Å². The zero-order valence-corrected chi connectivity index (χ0v) is 14.8. The van der Waals surface area contributed by atoms with Crippen molar-refractivity contribution < 1.29 is 19.0 Å². The molecule has 0 amide bonds. The first-order valence-electron chi connectivity index (χ1n) is 9.38. The molecule has 4 rings (SSSR count). The fourth-order valence-corrected chi connectivity index (χ4v) is 4.34. The molecular formula is C18H25FN4O3. The summed E-state index contributed by atoms with van der Waals surface area (Å²) in [5.41, 5.74) is -0.406. The molecule has 142 valence electrons. The minimum absolute atomic E-state index is 0.0636. The van der Waals surface area contributed by atoms with Crippen molar-refractivity contribution in [3.63, 3.8) is 0 Å². The van der Waals surface area contributed by atoms with E-state index in [1.54, 1.807) is 0 Å². The molecule has 8 heteroatoms. The second kappa shape index (κ2) is 7.08. The number of carbonyl (C=O) groups excluding carboxylic acids is 1. The van der Waals surface area contributed by atoms with E-state index in [0.717, 1.165) is 38.9 Å². The summed E-state index contributed by atoms with van der Waals surface area (Å²) in [6.45, 7) is 3.81. The Morgan fingerprint density at radius 3 is 2.50 bits per heavy atom. The van der Waals surface area contributed by atoms with Crippen LogP contribution >= 0.6 is 0 Å². The van der Waals surface area contributed by atoms with E-state index in [-0.39, 0.29) is 18.2 Å². The van der Waals surface area contributed by atoms with Gasteiger partial charge in [0.1, 0.15) is 6.10 Å². The lowest BCUT2D eigenvalue weighted by Gasteiger charge is -2.36. The number of aliphatic hydroxyl groups excluding tert-OH is 1. The van der Waals surface area contributed by atoms with Crippen LogP contribution in [0, 0.1) is 11.2 Å². The molecule has 1 aromatic rings. The maximum Gasteiger partial charge on any atom is 0.312 e. The quantitative estimate of drug-likeness (QED) is 0.801. The van der Waals surface area contributed by atoms with Gasteiger partial charge in [0, 0.05) is 39.1 Å². The van der Waals surface area contributed by atoms with Gasteiger partial charge in [-0.1, -0.05) is 0 Å². The van der Waals surface area contributed by atoms with Gasteiger partial charge < -0.3 is 14.7 Å². The lowest BCUT2D eigenvalue weighted by Crippen LogP contribution is -2.43. The summed E-state index contributed by atoms with van der Waals surface area (Å²) in [7, 11) is 0. The van der Waals surface area contributed by atoms with E-state index in [1.807, 2.05) is 4.90 Å². The molecule has 4 heterocycles. The number of piperidine rings is 2. The highest BCUT2D eigenvalue weighted by Gasteiger charge is 2.50. The Bertz CT molecular complexity index is 640. The van der Waals surface area contributed by atoms with Gasteiger partial charge in [0.25, 0.3) is 0 Å². The lowest BCUT2D eigenvalue weighted by molar-refractivity contribution is -0.150. The van der Waals surface area contributed by atoms with E-state index in [0.29, 0.717) is 31.9 Å². The van der Waals surface area contributed by atoms with Crippen LogP contribution in [0.25, 0.3) is 0 Å². The summed E-state index contributed by atoms with van der Waals surface area (Å²) in [6.07, 6.45) is 5.83. The van der Waals surface area contributed by atoms with Crippen molar-refractivity contribution >= 4 is 11.9 Å². The number of hydrogen-bond acceptors (Lipinski definition) is 7. The number of halogens is 1. The molecule has 26 heavy (non-hydrogen) atoms. The van der Waals surface area contributed by atoms with E-state index < -0.39 is 11.2 Å². The van der Waals surface area contributed by atoms with Gasteiger partial charge in [0.15, 0.2) is 5.82 Å². The number of carbonyl (C=O) groups is 1. The van der Waals surface area contributed by atoms with E-state index >= 15 is 0 Å². The molecule has 0 radical (unpaired) electrons. The number of rotatable bonds is 3. The summed E-state index contributed by atoms with van der Waals surface area (Å²) in [5.74, 6) is -0.0232. The summed E-state index contributed by atoms with van der Waals surface area (Å²) < 4.78 is 18.7. The van der Waals surface area contributed by atoms with Crippen molar-refractivity contribution in [1.82, 2.24) is 14.9 Å². The van der Waals surface area contributed by atoms with Crippen molar-refractivity contribution in [2.45, 2.75) is 44.3 Å². The predicted molar refractivity (Wildman–Crippen MR) is 92.0 cm³/mol. The van der Waals surface area contributed by atoms with Crippen LogP contribution in [-0.4, -0.2) is 70.9 Å². The number of aliphatic hydroxyl groups is 1. The predicted octanol–water partition coefficient (Wildman–Crippen LogP) is 0.974. The number of cyclic esters (lactones) is 1. The van der Waals surface area contributed by atoms with Crippen molar-refractivity contribution in [3.8, 4) is 0 Å². The highest BCUT2D eigenvalue weighted by atomic mass is 19.1. The largest absolute Gasteiger partial charge is 0.461 e. The van der Waals surface area contributed by atoms with E-state index in [9.17, 15) is 14.3 Å². The van der Waals surface area contributed by atoms with E-state index in [2.05, 4.69) is 14.9 Å². The van der Waals surface area contributed by atoms with Crippen molar-refractivity contribution in [1.29, 1.82) is 0 Å². The Hall–Kier alpha value is -1.80. The molecule has 1 N–H and O–H groups in total. The van der Waals surface area contributed by atoms with Crippen LogP contribution in [0.1, 0.15) is 32.1 Å². The van der Waals surface area contributed by atoms with Crippen LogP contribution in [0.5, 0.6) is 0 Å². The monoisotopic (exact) mass is 364 g/mol. The fraction of sp³-hybridized carbons (Fsp3) is 0.722. The smallest absolute Gasteiger partial charge is 0.312 e. The van der Waals surface area contributed by atoms with Gasteiger partial charge in [0.2, 0.25) is 5.95 Å². The molecular weight excluding hydrogens is 339 g/mol. The summed E-state index contributed by atoms with van der Waals surface area (Å²) >= 11 is 0. The van der Waals surface area contributed by atoms with Crippen molar-refractivity contribution in [3.05, 3.63) is 18.2 Å². The molecule has 1 spiro atoms. The van der Waals surface area contributed by atoms with E-state index in [4.69, 9.17) is 4.74 Å². The zero-order chi connectivity index (χ0) is 18.1.